The van der Waals surface area contributed by atoms with Crippen molar-refractivity contribution in [3.05, 3.63) is 102 Å². The van der Waals surface area contributed by atoms with Crippen LogP contribution in [-0.4, -0.2) is 21.7 Å². The summed E-state index contributed by atoms with van der Waals surface area (Å²) in [7, 11) is 0. The van der Waals surface area contributed by atoms with E-state index >= 15 is 0 Å². The zero-order valence-corrected chi connectivity index (χ0v) is 17.4. The minimum Gasteiger partial charge on any atom is -0.350 e. The molecule has 0 radical (unpaired) electrons. The van der Waals surface area contributed by atoms with E-state index in [2.05, 4.69) is 10.3 Å². The largest absolute Gasteiger partial charge is 0.350 e. The molecule has 0 fully saturated rings. The highest BCUT2D eigenvalue weighted by molar-refractivity contribution is 5.89. The van der Waals surface area contributed by atoms with Crippen LogP contribution in [0, 0.1) is 5.92 Å². The number of amides is 2. The normalized spacial score (nSPS) is 11.7. The number of rotatable bonds is 8. The van der Waals surface area contributed by atoms with Gasteiger partial charge in [-0.1, -0.05) is 80.6 Å². The van der Waals surface area contributed by atoms with Gasteiger partial charge in [0, 0.05) is 31.4 Å². The summed E-state index contributed by atoms with van der Waals surface area (Å²) in [5, 5.41) is 2.98. The number of nitrogens with zero attached hydrogens (tertiary/aromatic N) is 2. The second-order valence-corrected chi connectivity index (χ2v) is 7.50. The zero-order valence-electron chi connectivity index (χ0n) is 17.4. The van der Waals surface area contributed by atoms with Gasteiger partial charge in [-0.15, -0.1) is 0 Å². The summed E-state index contributed by atoms with van der Waals surface area (Å²) in [5.41, 5.74) is 2.67. The molecule has 0 aliphatic rings. The molecule has 1 heterocycles. The van der Waals surface area contributed by atoms with E-state index in [1.54, 1.807) is 17.3 Å². The van der Waals surface area contributed by atoms with Crippen molar-refractivity contribution >= 4 is 11.8 Å². The van der Waals surface area contributed by atoms with Gasteiger partial charge < -0.3 is 10.2 Å². The van der Waals surface area contributed by atoms with Crippen molar-refractivity contribution in [3.63, 3.8) is 0 Å². The molecule has 3 rings (SSSR count). The number of nitrogens with one attached hydrogen (secondary N) is 1. The van der Waals surface area contributed by atoms with E-state index in [1.807, 2.05) is 86.6 Å². The van der Waals surface area contributed by atoms with Crippen LogP contribution in [0.25, 0.3) is 0 Å². The van der Waals surface area contributed by atoms with Gasteiger partial charge in [0.1, 0.15) is 6.04 Å². The van der Waals surface area contributed by atoms with Crippen molar-refractivity contribution in [1.82, 2.24) is 15.2 Å². The van der Waals surface area contributed by atoms with Crippen LogP contribution in [0.1, 0.15) is 36.6 Å². The van der Waals surface area contributed by atoms with E-state index < -0.39 is 6.04 Å². The molecule has 0 unspecified atom stereocenters. The SMILES string of the molecule is CC(C)C(=O)N(Cc1ccccc1)[C@@H](C(=O)NCc1cccnc1)c1ccccc1. The lowest BCUT2D eigenvalue weighted by Gasteiger charge is -2.33. The fraction of sp³-hybridized carbons (Fsp3) is 0.240. The number of carbonyl (C=O) groups excluding carboxylic acids is 2. The lowest BCUT2D eigenvalue weighted by molar-refractivity contribution is -0.144. The average molecular weight is 402 g/mol. The zero-order chi connectivity index (χ0) is 21.3. The molecule has 5 heteroatoms. The summed E-state index contributed by atoms with van der Waals surface area (Å²) in [6.45, 7) is 4.43. The third kappa shape index (κ3) is 5.54. The predicted molar refractivity (Wildman–Crippen MR) is 117 cm³/mol. The molecule has 0 aliphatic heterocycles. The van der Waals surface area contributed by atoms with Gasteiger partial charge in [-0.2, -0.15) is 0 Å². The molecule has 0 bridgehead atoms. The molecular weight excluding hydrogens is 374 g/mol. The quantitative estimate of drug-likeness (QED) is 0.617. The van der Waals surface area contributed by atoms with E-state index in [0.717, 1.165) is 16.7 Å². The second kappa shape index (κ2) is 10.3. The molecule has 2 aromatic carbocycles. The van der Waals surface area contributed by atoms with Crippen LogP contribution >= 0.6 is 0 Å². The van der Waals surface area contributed by atoms with Gasteiger partial charge in [-0.05, 0) is 22.8 Å². The highest BCUT2D eigenvalue weighted by Gasteiger charge is 2.32. The summed E-state index contributed by atoms with van der Waals surface area (Å²) in [4.78, 5) is 32.3. The Morgan fingerprint density at radius 2 is 1.53 bits per heavy atom. The van der Waals surface area contributed by atoms with Crippen LogP contribution in [-0.2, 0) is 22.7 Å². The first-order valence-corrected chi connectivity index (χ1v) is 10.1. The lowest BCUT2D eigenvalue weighted by Crippen LogP contribution is -2.44. The standard InChI is InChI=1S/C25H27N3O2/c1-19(2)25(30)28(18-20-10-5-3-6-11-20)23(22-13-7-4-8-14-22)24(29)27-17-21-12-9-15-26-16-21/h3-16,19,23H,17-18H2,1-2H3,(H,27,29)/t23-/m1/s1. The molecule has 154 valence electrons. The van der Waals surface area contributed by atoms with Crippen LogP contribution in [0.5, 0.6) is 0 Å². The van der Waals surface area contributed by atoms with Crippen LogP contribution < -0.4 is 5.32 Å². The van der Waals surface area contributed by atoms with E-state index in [1.165, 1.54) is 0 Å². The molecule has 2 amide bonds. The Morgan fingerprint density at radius 3 is 2.13 bits per heavy atom. The minimum atomic E-state index is -0.724. The van der Waals surface area contributed by atoms with Crippen molar-refractivity contribution in [1.29, 1.82) is 0 Å². The number of hydrogen-bond acceptors (Lipinski definition) is 3. The van der Waals surface area contributed by atoms with Gasteiger partial charge in [0.25, 0.3) is 0 Å². The van der Waals surface area contributed by atoms with Gasteiger partial charge in [-0.25, -0.2) is 0 Å². The smallest absolute Gasteiger partial charge is 0.247 e. The highest BCUT2D eigenvalue weighted by Crippen LogP contribution is 2.25. The molecule has 0 aliphatic carbocycles. The Kier molecular flexibility index (Phi) is 7.33. The van der Waals surface area contributed by atoms with E-state index in [-0.39, 0.29) is 17.7 Å². The Morgan fingerprint density at radius 1 is 0.900 bits per heavy atom. The molecule has 1 N–H and O–H groups in total. The van der Waals surface area contributed by atoms with Crippen LogP contribution in [0.15, 0.2) is 85.2 Å². The maximum absolute atomic E-state index is 13.4. The number of pyridine rings is 1. The molecular formula is C25H27N3O2. The number of aromatic nitrogens is 1. The third-order valence-corrected chi connectivity index (χ3v) is 4.84. The summed E-state index contributed by atoms with van der Waals surface area (Å²) >= 11 is 0. The first-order chi connectivity index (χ1) is 14.6. The summed E-state index contributed by atoms with van der Waals surface area (Å²) in [6.07, 6.45) is 3.42. The molecule has 1 aromatic heterocycles. The van der Waals surface area contributed by atoms with E-state index in [0.29, 0.717) is 13.1 Å². The van der Waals surface area contributed by atoms with Crippen molar-refractivity contribution in [2.45, 2.75) is 33.0 Å². The maximum atomic E-state index is 13.4. The van der Waals surface area contributed by atoms with E-state index in [9.17, 15) is 9.59 Å². The summed E-state index contributed by atoms with van der Waals surface area (Å²) in [6, 6.07) is 22.2. The van der Waals surface area contributed by atoms with Gasteiger partial charge in [0.15, 0.2) is 0 Å². The van der Waals surface area contributed by atoms with E-state index in [4.69, 9.17) is 0 Å². The molecule has 3 aromatic rings. The molecule has 0 saturated heterocycles. The highest BCUT2D eigenvalue weighted by atomic mass is 16.2. The van der Waals surface area contributed by atoms with Crippen molar-refractivity contribution in [3.8, 4) is 0 Å². The lowest BCUT2D eigenvalue weighted by atomic mass is 10.0. The minimum absolute atomic E-state index is 0.0655. The topological polar surface area (TPSA) is 62.3 Å². The van der Waals surface area contributed by atoms with Crippen molar-refractivity contribution in [2.24, 2.45) is 5.92 Å². The Labute approximate surface area is 177 Å². The number of benzene rings is 2. The summed E-state index contributed by atoms with van der Waals surface area (Å²) < 4.78 is 0. The fourth-order valence-corrected chi connectivity index (χ4v) is 3.30. The first kappa shape index (κ1) is 21.2. The van der Waals surface area contributed by atoms with Gasteiger partial charge in [-0.3, -0.25) is 14.6 Å². The van der Waals surface area contributed by atoms with Gasteiger partial charge in [0.05, 0.1) is 0 Å². The Hall–Kier alpha value is -3.47. The van der Waals surface area contributed by atoms with Crippen LogP contribution in [0.3, 0.4) is 0 Å². The molecule has 0 saturated carbocycles. The third-order valence-electron chi connectivity index (χ3n) is 4.84. The molecule has 1 atom stereocenters. The Balaban J connectivity index is 1.92. The van der Waals surface area contributed by atoms with Gasteiger partial charge in [0.2, 0.25) is 11.8 Å². The second-order valence-electron chi connectivity index (χ2n) is 7.50. The predicted octanol–water partition coefficient (Wildman–Crippen LogP) is 4.12. The molecule has 5 nitrogen and oxygen atoms in total. The fourth-order valence-electron chi connectivity index (χ4n) is 3.30. The van der Waals surface area contributed by atoms with Crippen molar-refractivity contribution in [2.75, 3.05) is 0 Å². The van der Waals surface area contributed by atoms with Crippen LogP contribution in [0.2, 0.25) is 0 Å². The maximum Gasteiger partial charge on any atom is 0.247 e. The van der Waals surface area contributed by atoms with Crippen molar-refractivity contribution < 1.29 is 9.59 Å². The number of hydrogen-bond donors (Lipinski definition) is 1. The van der Waals surface area contributed by atoms with Crippen LogP contribution in [0.4, 0.5) is 0 Å². The molecule has 30 heavy (non-hydrogen) atoms. The summed E-state index contributed by atoms with van der Waals surface area (Å²) in [5.74, 6) is -0.509. The Bertz CT molecular complexity index is 944. The first-order valence-electron chi connectivity index (χ1n) is 10.1. The monoisotopic (exact) mass is 401 g/mol. The van der Waals surface area contributed by atoms with Gasteiger partial charge >= 0.3 is 0 Å². The molecule has 0 spiro atoms. The number of carbonyl (C=O) groups is 2. The average Bonchev–Trinajstić information content (AvgIpc) is 2.79.